The Morgan fingerprint density at radius 2 is 2.00 bits per heavy atom. The molecule has 0 saturated carbocycles. The molecule has 7 heteroatoms. The molecule has 0 radical (unpaired) electrons. The summed E-state index contributed by atoms with van der Waals surface area (Å²) in [7, 11) is 0. The van der Waals surface area contributed by atoms with E-state index in [1.54, 1.807) is 6.20 Å². The van der Waals surface area contributed by atoms with Crippen molar-refractivity contribution in [2.45, 2.75) is 39.5 Å². The Hall–Kier alpha value is -1.21. The lowest BCUT2D eigenvalue weighted by molar-refractivity contribution is -0.146. The Balaban J connectivity index is 2.44. The number of fused-ring (bicyclic) bond motifs is 1. The van der Waals surface area contributed by atoms with Crippen LogP contribution in [0.1, 0.15) is 38.8 Å². The minimum Gasteiger partial charge on any atom is -0.396 e. The predicted molar refractivity (Wildman–Crippen MR) is 84.9 cm³/mol. The first kappa shape index (κ1) is 17.1. The van der Waals surface area contributed by atoms with E-state index in [9.17, 15) is 0 Å². The number of halogens is 1. The summed E-state index contributed by atoms with van der Waals surface area (Å²) in [6.07, 6.45) is 2.69. The Morgan fingerprint density at radius 3 is 2.64 bits per heavy atom. The number of nitrogens with zero attached hydrogens (tertiary/aromatic N) is 3. The lowest BCUT2D eigenvalue weighted by Crippen LogP contribution is -2.15. The van der Waals surface area contributed by atoms with Crippen LogP contribution in [0.3, 0.4) is 0 Å². The standard InChI is InChI=1S/C15H22ClN3O3/c1-3-21-15(22-4-2)14-18-12-11(7-8-17-13(12)16)19(14)9-5-6-10-20/h7-8,15,20H,3-6,9-10H2,1-2H3. The van der Waals surface area contributed by atoms with Gasteiger partial charge < -0.3 is 19.1 Å². The number of hydrogen-bond acceptors (Lipinski definition) is 5. The first-order valence-corrected chi connectivity index (χ1v) is 7.95. The van der Waals surface area contributed by atoms with Gasteiger partial charge in [0.05, 0.1) is 5.52 Å². The van der Waals surface area contributed by atoms with Crippen LogP contribution >= 0.6 is 11.6 Å². The molecule has 0 atom stereocenters. The molecule has 0 saturated heterocycles. The van der Waals surface area contributed by atoms with Crippen molar-refractivity contribution in [2.75, 3.05) is 19.8 Å². The zero-order valence-corrected chi connectivity index (χ0v) is 13.7. The lowest BCUT2D eigenvalue weighted by atomic mass is 10.3. The molecule has 2 aromatic heterocycles. The van der Waals surface area contributed by atoms with Crippen molar-refractivity contribution in [2.24, 2.45) is 0 Å². The van der Waals surface area contributed by atoms with Gasteiger partial charge in [-0.2, -0.15) is 0 Å². The number of aliphatic hydroxyl groups excluding tert-OH is 1. The van der Waals surface area contributed by atoms with Gasteiger partial charge in [0.15, 0.2) is 11.0 Å². The van der Waals surface area contributed by atoms with E-state index in [0.717, 1.165) is 18.4 Å². The summed E-state index contributed by atoms with van der Waals surface area (Å²) in [6.45, 7) is 5.76. The molecule has 0 aliphatic heterocycles. The minimum absolute atomic E-state index is 0.171. The van der Waals surface area contributed by atoms with Crippen molar-refractivity contribution in [3.05, 3.63) is 23.2 Å². The van der Waals surface area contributed by atoms with Crippen LogP contribution < -0.4 is 0 Å². The van der Waals surface area contributed by atoms with Crippen LogP contribution in [0.15, 0.2) is 12.3 Å². The van der Waals surface area contributed by atoms with Crippen molar-refractivity contribution in [1.29, 1.82) is 0 Å². The highest BCUT2D eigenvalue weighted by molar-refractivity contribution is 6.33. The summed E-state index contributed by atoms with van der Waals surface area (Å²) in [4.78, 5) is 8.66. The summed E-state index contributed by atoms with van der Waals surface area (Å²) >= 11 is 6.15. The topological polar surface area (TPSA) is 69.4 Å². The van der Waals surface area contributed by atoms with Crippen LogP contribution in [0.2, 0.25) is 5.15 Å². The molecule has 1 N–H and O–H groups in total. The number of rotatable bonds is 9. The summed E-state index contributed by atoms with van der Waals surface area (Å²) in [5.41, 5.74) is 1.55. The molecular weight excluding hydrogens is 306 g/mol. The van der Waals surface area contributed by atoms with Crippen LogP contribution in [0.5, 0.6) is 0 Å². The van der Waals surface area contributed by atoms with Gasteiger partial charge in [0.25, 0.3) is 0 Å². The second kappa shape index (κ2) is 8.43. The van der Waals surface area contributed by atoms with Gasteiger partial charge in [0, 0.05) is 32.6 Å². The van der Waals surface area contributed by atoms with E-state index in [2.05, 4.69) is 9.97 Å². The van der Waals surface area contributed by atoms with E-state index in [1.807, 2.05) is 24.5 Å². The highest BCUT2D eigenvalue weighted by Gasteiger charge is 2.22. The SMILES string of the molecule is CCOC(OCC)c1nc2c(Cl)nccc2n1CCCCO. The number of pyridine rings is 1. The molecule has 122 valence electrons. The van der Waals surface area contributed by atoms with E-state index in [1.165, 1.54) is 0 Å². The zero-order valence-electron chi connectivity index (χ0n) is 13.0. The summed E-state index contributed by atoms with van der Waals surface area (Å²) < 4.78 is 13.4. The normalized spacial score (nSPS) is 11.7. The fourth-order valence-electron chi connectivity index (χ4n) is 2.34. The van der Waals surface area contributed by atoms with Gasteiger partial charge in [0.1, 0.15) is 5.52 Å². The number of hydrogen-bond donors (Lipinski definition) is 1. The van der Waals surface area contributed by atoms with Crippen LogP contribution in [0.4, 0.5) is 0 Å². The summed E-state index contributed by atoms with van der Waals surface area (Å²) in [5, 5.41) is 9.36. The number of aliphatic hydroxyl groups is 1. The van der Waals surface area contributed by atoms with Gasteiger partial charge in [-0.3, -0.25) is 0 Å². The molecular formula is C15H22ClN3O3. The van der Waals surface area contributed by atoms with Crippen LogP contribution in [-0.2, 0) is 16.0 Å². The molecule has 22 heavy (non-hydrogen) atoms. The smallest absolute Gasteiger partial charge is 0.217 e. The maximum atomic E-state index is 8.99. The van der Waals surface area contributed by atoms with E-state index >= 15 is 0 Å². The Bertz CT molecular complexity index is 597. The third kappa shape index (κ3) is 3.76. The van der Waals surface area contributed by atoms with Crippen molar-refractivity contribution in [3.8, 4) is 0 Å². The second-order valence-electron chi connectivity index (χ2n) is 4.76. The van der Waals surface area contributed by atoms with Crippen molar-refractivity contribution in [1.82, 2.24) is 14.5 Å². The van der Waals surface area contributed by atoms with Crippen molar-refractivity contribution < 1.29 is 14.6 Å². The highest BCUT2D eigenvalue weighted by Crippen LogP contribution is 2.27. The average molecular weight is 328 g/mol. The number of unbranched alkanes of at least 4 members (excludes halogenated alkanes) is 1. The third-order valence-corrected chi connectivity index (χ3v) is 3.57. The maximum absolute atomic E-state index is 8.99. The van der Waals surface area contributed by atoms with Crippen LogP contribution in [0, 0.1) is 0 Å². The molecule has 2 aromatic rings. The predicted octanol–water partition coefficient (Wildman–Crippen LogP) is 2.93. The quantitative estimate of drug-likeness (QED) is 0.435. The van der Waals surface area contributed by atoms with Crippen LogP contribution in [0.25, 0.3) is 11.0 Å². The highest BCUT2D eigenvalue weighted by atomic mass is 35.5. The number of ether oxygens (including phenoxy) is 2. The van der Waals surface area contributed by atoms with Crippen molar-refractivity contribution in [3.63, 3.8) is 0 Å². The fourth-order valence-corrected chi connectivity index (χ4v) is 2.53. The summed E-state index contributed by atoms with van der Waals surface area (Å²) in [6, 6.07) is 1.88. The molecule has 0 fully saturated rings. The molecule has 0 unspecified atom stereocenters. The zero-order chi connectivity index (χ0) is 15.9. The monoisotopic (exact) mass is 327 g/mol. The molecule has 0 spiro atoms. The van der Waals surface area contributed by atoms with E-state index in [4.69, 9.17) is 26.2 Å². The molecule has 2 rings (SSSR count). The fraction of sp³-hybridized carbons (Fsp3) is 0.600. The molecule has 0 aliphatic carbocycles. The van der Waals surface area contributed by atoms with Gasteiger partial charge in [-0.1, -0.05) is 11.6 Å². The van der Waals surface area contributed by atoms with Gasteiger partial charge in [0.2, 0.25) is 6.29 Å². The molecule has 0 aromatic carbocycles. The van der Waals surface area contributed by atoms with Crippen molar-refractivity contribution >= 4 is 22.6 Å². The molecule has 0 amide bonds. The van der Waals surface area contributed by atoms with Gasteiger partial charge in [-0.05, 0) is 32.8 Å². The van der Waals surface area contributed by atoms with Gasteiger partial charge in [-0.25, -0.2) is 9.97 Å². The Labute approximate surface area is 135 Å². The first-order valence-electron chi connectivity index (χ1n) is 7.57. The Morgan fingerprint density at radius 1 is 1.27 bits per heavy atom. The maximum Gasteiger partial charge on any atom is 0.217 e. The molecule has 2 heterocycles. The lowest BCUT2D eigenvalue weighted by Gasteiger charge is -2.18. The number of aromatic nitrogens is 3. The number of aryl methyl sites for hydroxylation is 1. The second-order valence-corrected chi connectivity index (χ2v) is 5.12. The van der Waals surface area contributed by atoms with E-state index in [-0.39, 0.29) is 6.61 Å². The summed E-state index contributed by atoms with van der Waals surface area (Å²) in [5.74, 6) is 0.687. The van der Waals surface area contributed by atoms with Gasteiger partial charge >= 0.3 is 0 Å². The van der Waals surface area contributed by atoms with E-state index in [0.29, 0.717) is 36.3 Å². The molecule has 0 bridgehead atoms. The van der Waals surface area contributed by atoms with Gasteiger partial charge in [-0.15, -0.1) is 0 Å². The third-order valence-electron chi connectivity index (χ3n) is 3.29. The van der Waals surface area contributed by atoms with Crippen LogP contribution in [-0.4, -0.2) is 39.5 Å². The molecule has 6 nitrogen and oxygen atoms in total. The average Bonchev–Trinajstić information content (AvgIpc) is 2.88. The van der Waals surface area contributed by atoms with E-state index < -0.39 is 6.29 Å². The molecule has 0 aliphatic rings. The Kier molecular flexibility index (Phi) is 6.57. The first-order chi connectivity index (χ1) is 10.7. The largest absolute Gasteiger partial charge is 0.396 e. The minimum atomic E-state index is -0.535. The number of imidazole rings is 1.